The molecule has 1 fully saturated rings. The standard InChI is InChI=1S/C27H21NO7/c28-16-21-23(34-26(30)19-12-6-2-7-13-19)24(35-27(31)20-14-8-3-9-15-20)22(33-21)17-32-25(29)18-10-4-1-5-11-18/h1-15,21-24H,17H2/t21-,22+,23?,24-/m0/s1. The van der Waals surface area contributed by atoms with E-state index in [1.807, 2.05) is 6.07 Å². The van der Waals surface area contributed by atoms with Crippen LogP contribution >= 0.6 is 0 Å². The number of ether oxygens (including phenoxy) is 4. The van der Waals surface area contributed by atoms with E-state index in [2.05, 4.69) is 0 Å². The van der Waals surface area contributed by atoms with Gasteiger partial charge in [-0.15, -0.1) is 0 Å². The van der Waals surface area contributed by atoms with Crippen LogP contribution in [0.4, 0.5) is 0 Å². The zero-order valence-electron chi connectivity index (χ0n) is 18.5. The summed E-state index contributed by atoms with van der Waals surface area (Å²) >= 11 is 0. The zero-order valence-corrected chi connectivity index (χ0v) is 18.5. The highest BCUT2D eigenvalue weighted by Gasteiger charge is 2.50. The average Bonchev–Trinajstić information content (AvgIpc) is 3.24. The molecule has 0 spiro atoms. The number of nitrogens with zero attached hydrogens (tertiary/aromatic N) is 1. The van der Waals surface area contributed by atoms with Gasteiger partial charge < -0.3 is 18.9 Å². The summed E-state index contributed by atoms with van der Waals surface area (Å²) in [5.74, 6) is -2.01. The maximum Gasteiger partial charge on any atom is 0.338 e. The van der Waals surface area contributed by atoms with Crippen molar-refractivity contribution in [3.8, 4) is 6.07 Å². The highest BCUT2D eigenvalue weighted by Crippen LogP contribution is 2.29. The minimum atomic E-state index is -1.24. The van der Waals surface area contributed by atoms with Crippen LogP contribution in [-0.2, 0) is 18.9 Å². The van der Waals surface area contributed by atoms with Crippen molar-refractivity contribution in [3.63, 3.8) is 0 Å². The third-order valence-corrected chi connectivity index (χ3v) is 5.33. The predicted octanol–water partition coefficient (Wildman–Crippen LogP) is 3.59. The number of hydrogen-bond acceptors (Lipinski definition) is 8. The molecule has 0 aliphatic carbocycles. The Morgan fingerprint density at radius 1 is 0.686 bits per heavy atom. The van der Waals surface area contributed by atoms with E-state index >= 15 is 0 Å². The smallest absolute Gasteiger partial charge is 0.338 e. The second-order valence-electron chi connectivity index (χ2n) is 7.66. The van der Waals surface area contributed by atoms with Gasteiger partial charge in [-0.05, 0) is 36.4 Å². The van der Waals surface area contributed by atoms with E-state index in [9.17, 15) is 19.6 Å². The van der Waals surface area contributed by atoms with Crippen LogP contribution in [0.1, 0.15) is 31.1 Å². The van der Waals surface area contributed by atoms with Crippen molar-refractivity contribution in [2.45, 2.75) is 24.4 Å². The molecule has 4 atom stereocenters. The summed E-state index contributed by atoms with van der Waals surface area (Å²) in [7, 11) is 0. The van der Waals surface area contributed by atoms with Gasteiger partial charge in [-0.1, -0.05) is 54.6 Å². The number of carbonyl (C=O) groups is 3. The van der Waals surface area contributed by atoms with Crippen LogP contribution in [-0.4, -0.2) is 48.9 Å². The number of benzene rings is 3. The molecule has 0 N–H and O–H groups in total. The molecule has 1 heterocycles. The van der Waals surface area contributed by atoms with Crippen LogP contribution in [0.2, 0.25) is 0 Å². The van der Waals surface area contributed by atoms with Gasteiger partial charge >= 0.3 is 17.9 Å². The number of nitriles is 1. The minimum absolute atomic E-state index is 0.260. The van der Waals surface area contributed by atoms with Gasteiger partial charge in [0.1, 0.15) is 12.7 Å². The van der Waals surface area contributed by atoms with Crippen molar-refractivity contribution < 1.29 is 33.3 Å². The van der Waals surface area contributed by atoms with Gasteiger partial charge in [0.2, 0.25) is 0 Å². The molecular formula is C27H21NO7. The molecule has 0 radical (unpaired) electrons. The third kappa shape index (κ3) is 5.72. The lowest BCUT2D eigenvalue weighted by molar-refractivity contribution is -0.0437. The fraction of sp³-hybridized carbons (Fsp3) is 0.185. The van der Waals surface area contributed by atoms with Crippen molar-refractivity contribution in [3.05, 3.63) is 108 Å². The average molecular weight is 471 g/mol. The molecular weight excluding hydrogens is 450 g/mol. The topological polar surface area (TPSA) is 112 Å². The Balaban J connectivity index is 1.55. The maximum absolute atomic E-state index is 12.8. The highest BCUT2D eigenvalue weighted by molar-refractivity contribution is 5.91. The van der Waals surface area contributed by atoms with Crippen LogP contribution in [0.5, 0.6) is 0 Å². The van der Waals surface area contributed by atoms with Crippen LogP contribution < -0.4 is 0 Å². The fourth-order valence-electron chi connectivity index (χ4n) is 3.58. The monoisotopic (exact) mass is 471 g/mol. The van der Waals surface area contributed by atoms with Crippen LogP contribution in [0, 0.1) is 11.3 Å². The summed E-state index contributed by atoms with van der Waals surface area (Å²) in [6.07, 6.45) is -4.70. The summed E-state index contributed by atoms with van der Waals surface area (Å²) in [5.41, 5.74) is 0.851. The molecule has 0 aromatic heterocycles. The molecule has 176 valence electrons. The van der Waals surface area contributed by atoms with Gasteiger partial charge in [0.15, 0.2) is 18.3 Å². The first-order valence-corrected chi connectivity index (χ1v) is 10.9. The molecule has 3 aromatic rings. The Morgan fingerprint density at radius 2 is 1.11 bits per heavy atom. The summed E-state index contributed by atoms with van der Waals surface area (Å²) in [6.45, 7) is -0.321. The molecule has 1 unspecified atom stereocenters. The summed E-state index contributed by atoms with van der Waals surface area (Å²) in [5, 5.41) is 9.65. The van der Waals surface area contributed by atoms with Crippen molar-refractivity contribution >= 4 is 17.9 Å². The molecule has 0 amide bonds. The molecule has 8 nitrogen and oxygen atoms in total. The molecule has 3 aromatic carbocycles. The number of esters is 3. The van der Waals surface area contributed by atoms with Gasteiger partial charge in [-0.3, -0.25) is 0 Å². The lowest BCUT2D eigenvalue weighted by Gasteiger charge is -2.23. The maximum atomic E-state index is 12.8. The molecule has 35 heavy (non-hydrogen) atoms. The Labute approximate surface area is 201 Å². The predicted molar refractivity (Wildman–Crippen MR) is 122 cm³/mol. The SMILES string of the molecule is N#C[C@@H]1O[C@H](COC(=O)c2ccccc2)[C@H](OC(=O)c2ccccc2)C1OC(=O)c1ccccc1. The molecule has 1 aliphatic rings. The number of carbonyl (C=O) groups excluding carboxylic acids is 3. The molecule has 0 bridgehead atoms. The minimum Gasteiger partial charge on any atom is -0.459 e. The number of hydrogen-bond donors (Lipinski definition) is 0. The Kier molecular flexibility index (Phi) is 7.50. The van der Waals surface area contributed by atoms with E-state index in [0.717, 1.165) is 0 Å². The van der Waals surface area contributed by atoms with Gasteiger partial charge in [-0.25, -0.2) is 14.4 Å². The van der Waals surface area contributed by atoms with Gasteiger partial charge in [0.25, 0.3) is 0 Å². The van der Waals surface area contributed by atoms with Crippen LogP contribution in [0.25, 0.3) is 0 Å². The molecule has 1 aliphatic heterocycles. The third-order valence-electron chi connectivity index (χ3n) is 5.33. The Bertz CT molecular complexity index is 1210. The number of rotatable bonds is 7. The molecule has 8 heteroatoms. The van der Waals surface area contributed by atoms with Gasteiger partial charge in [-0.2, -0.15) is 5.26 Å². The van der Waals surface area contributed by atoms with E-state index in [0.29, 0.717) is 5.56 Å². The molecule has 0 saturated carbocycles. The van der Waals surface area contributed by atoms with E-state index in [1.165, 1.54) is 0 Å². The first-order valence-electron chi connectivity index (χ1n) is 10.9. The van der Waals surface area contributed by atoms with Gasteiger partial charge in [0.05, 0.1) is 22.8 Å². The summed E-state index contributed by atoms with van der Waals surface area (Å²) in [4.78, 5) is 37.9. The zero-order chi connectivity index (χ0) is 24.6. The fourth-order valence-corrected chi connectivity index (χ4v) is 3.58. The molecule has 1 saturated heterocycles. The van der Waals surface area contributed by atoms with Gasteiger partial charge in [0, 0.05) is 0 Å². The lowest BCUT2D eigenvalue weighted by Crippen LogP contribution is -2.41. The van der Waals surface area contributed by atoms with Crippen molar-refractivity contribution in [2.75, 3.05) is 6.61 Å². The van der Waals surface area contributed by atoms with E-state index < -0.39 is 42.3 Å². The highest BCUT2D eigenvalue weighted by atomic mass is 16.6. The molecule has 4 rings (SSSR count). The summed E-state index contributed by atoms with van der Waals surface area (Å²) < 4.78 is 22.3. The van der Waals surface area contributed by atoms with Crippen LogP contribution in [0.15, 0.2) is 91.0 Å². The van der Waals surface area contributed by atoms with Crippen LogP contribution in [0.3, 0.4) is 0 Å². The second kappa shape index (κ2) is 11.1. The lowest BCUT2D eigenvalue weighted by atomic mass is 10.1. The quantitative estimate of drug-likeness (QED) is 0.380. The normalized spacial score (nSPS) is 20.9. The first kappa shape index (κ1) is 23.7. The Hall–Kier alpha value is -4.48. The van der Waals surface area contributed by atoms with E-state index in [-0.39, 0.29) is 17.7 Å². The van der Waals surface area contributed by atoms with E-state index in [4.69, 9.17) is 18.9 Å². The largest absolute Gasteiger partial charge is 0.459 e. The van der Waals surface area contributed by atoms with Crippen molar-refractivity contribution in [1.82, 2.24) is 0 Å². The van der Waals surface area contributed by atoms with E-state index in [1.54, 1.807) is 91.0 Å². The summed E-state index contributed by atoms with van der Waals surface area (Å²) in [6, 6.07) is 26.7. The van der Waals surface area contributed by atoms with Crippen molar-refractivity contribution in [2.24, 2.45) is 0 Å². The second-order valence-corrected chi connectivity index (χ2v) is 7.66. The Morgan fingerprint density at radius 3 is 1.57 bits per heavy atom. The van der Waals surface area contributed by atoms with Crippen molar-refractivity contribution in [1.29, 1.82) is 5.26 Å². The first-order chi connectivity index (χ1) is 17.1.